The van der Waals surface area contributed by atoms with Crippen LogP contribution in [-0.2, 0) is 9.53 Å². The van der Waals surface area contributed by atoms with Crippen LogP contribution in [0.1, 0.15) is 45.1 Å². The van der Waals surface area contributed by atoms with Gasteiger partial charge in [0.25, 0.3) is 0 Å². The van der Waals surface area contributed by atoms with Gasteiger partial charge in [-0.1, -0.05) is 39.2 Å². The number of nitriles is 1. The highest BCUT2D eigenvalue weighted by Crippen LogP contribution is 2.28. The zero-order chi connectivity index (χ0) is 18.7. The zero-order valence-electron chi connectivity index (χ0n) is 15.5. The number of esters is 1. The van der Waals surface area contributed by atoms with Gasteiger partial charge in [-0.2, -0.15) is 5.26 Å². The molecule has 1 aromatic rings. The Morgan fingerprint density at radius 1 is 1.24 bits per heavy atom. The van der Waals surface area contributed by atoms with Crippen LogP contribution in [0.2, 0.25) is 0 Å². The molecule has 136 valence electrons. The van der Waals surface area contributed by atoms with Crippen molar-refractivity contribution in [1.29, 1.82) is 5.26 Å². The molecule has 0 aromatic heterocycles. The average molecular weight is 345 g/mol. The Balaban J connectivity index is 2.81. The monoisotopic (exact) mass is 345 g/mol. The highest BCUT2D eigenvalue weighted by Gasteiger charge is 2.15. The minimum Gasteiger partial charge on any atom is -0.493 e. The molecule has 0 aliphatic carbocycles. The average Bonchev–Trinajstić information content (AvgIpc) is 2.65. The van der Waals surface area contributed by atoms with Crippen LogP contribution in [0, 0.1) is 17.2 Å². The summed E-state index contributed by atoms with van der Waals surface area (Å²) in [7, 11) is 3.08. The van der Waals surface area contributed by atoms with E-state index >= 15 is 0 Å². The van der Waals surface area contributed by atoms with Gasteiger partial charge in [0, 0.05) is 0 Å². The Hall–Kier alpha value is -2.48. The van der Waals surface area contributed by atoms with E-state index < -0.39 is 5.97 Å². The minimum absolute atomic E-state index is 0.0300. The van der Waals surface area contributed by atoms with Gasteiger partial charge in [-0.05, 0) is 36.1 Å². The van der Waals surface area contributed by atoms with Crippen molar-refractivity contribution >= 4 is 12.0 Å². The van der Waals surface area contributed by atoms with Crippen molar-refractivity contribution in [3.8, 4) is 17.6 Å². The molecule has 1 atom stereocenters. The van der Waals surface area contributed by atoms with Crippen LogP contribution < -0.4 is 9.47 Å². The smallest absolute Gasteiger partial charge is 0.348 e. The molecule has 0 heterocycles. The number of hydrogen-bond donors (Lipinski definition) is 0. The number of benzene rings is 1. The maximum Gasteiger partial charge on any atom is 0.348 e. The third-order valence-corrected chi connectivity index (χ3v) is 4.05. The second-order valence-electron chi connectivity index (χ2n) is 5.80. The molecular formula is C20H27NO4. The molecule has 5 nitrogen and oxygen atoms in total. The molecule has 25 heavy (non-hydrogen) atoms. The van der Waals surface area contributed by atoms with Crippen LogP contribution in [0.15, 0.2) is 23.8 Å². The Labute approximate surface area is 150 Å². The maximum atomic E-state index is 12.2. The summed E-state index contributed by atoms with van der Waals surface area (Å²) < 4.78 is 15.7. The summed E-state index contributed by atoms with van der Waals surface area (Å²) in [5.41, 5.74) is 0.640. The summed E-state index contributed by atoms with van der Waals surface area (Å²) in [6.45, 7) is 4.57. The SMILES string of the molecule is CCCCC(CC)COC(=O)/C(C#N)=C\c1ccc(OC)c(OC)c1. The number of rotatable bonds is 10. The molecule has 5 heteroatoms. The van der Waals surface area contributed by atoms with Crippen molar-refractivity contribution < 1.29 is 19.0 Å². The van der Waals surface area contributed by atoms with Gasteiger partial charge in [-0.3, -0.25) is 0 Å². The summed E-state index contributed by atoms with van der Waals surface area (Å²) in [6.07, 6.45) is 5.71. The molecule has 1 aromatic carbocycles. The number of nitrogens with zero attached hydrogens (tertiary/aromatic N) is 1. The van der Waals surface area contributed by atoms with Crippen LogP contribution in [0.25, 0.3) is 6.08 Å². The van der Waals surface area contributed by atoms with Crippen LogP contribution in [0.3, 0.4) is 0 Å². The third-order valence-electron chi connectivity index (χ3n) is 4.05. The van der Waals surface area contributed by atoms with Crippen LogP contribution in [0.5, 0.6) is 11.5 Å². The normalized spacial score (nSPS) is 12.2. The molecular weight excluding hydrogens is 318 g/mol. The lowest BCUT2D eigenvalue weighted by Crippen LogP contribution is -2.15. The number of carbonyl (C=O) groups is 1. The van der Waals surface area contributed by atoms with Crippen LogP contribution >= 0.6 is 0 Å². The molecule has 0 radical (unpaired) electrons. The summed E-state index contributed by atoms with van der Waals surface area (Å²) in [5.74, 6) is 0.868. The number of carbonyl (C=O) groups excluding carboxylic acids is 1. The second-order valence-corrected chi connectivity index (χ2v) is 5.80. The highest BCUT2D eigenvalue weighted by molar-refractivity contribution is 5.97. The van der Waals surface area contributed by atoms with Crippen molar-refractivity contribution in [2.24, 2.45) is 5.92 Å². The third kappa shape index (κ3) is 6.50. The first-order valence-electron chi connectivity index (χ1n) is 8.60. The Kier molecular flexibility index (Phi) is 9.16. The molecule has 0 saturated heterocycles. The first-order valence-corrected chi connectivity index (χ1v) is 8.60. The molecule has 1 rings (SSSR count). The van der Waals surface area contributed by atoms with E-state index in [0.29, 0.717) is 29.6 Å². The standard InChI is InChI=1S/C20H27NO4/c1-5-7-8-15(6-2)14-25-20(22)17(13-21)11-16-9-10-18(23-3)19(12-16)24-4/h9-12,15H,5-8,14H2,1-4H3/b17-11-. The van der Waals surface area contributed by atoms with Crippen molar-refractivity contribution in [3.63, 3.8) is 0 Å². The topological polar surface area (TPSA) is 68.6 Å². The molecule has 1 unspecified atom stereocenters. The molecule has 0 fully saturated rings. The predicted octanol–water partition coefficient (Wildman–Crippen LogP) is 4.37. The van der Waals surface area contributed by atoms with E-state index in [4.69, 9.17) is 14.2 Å². The lowest BCUT2D eigenvalue weighted by molar-refractivity contribution is -0.139. The highest BCUT2D eigenvalue weighted by atomic mass is 16.5. The summed E-state index contributed by atoms with van der Waals surface area (Å²) in [5, 5.41) is 9.27. The number of hydrogen-bond acceptors (Lipinski definition) is 5. The van der Waals surface area contributed by atoms with Gasteiger partial charge >= 0.3 is 5.97 Å². The maximum absolute atomic E-state index is 12.2. The number of methoxy groups -OCH3 is 2. The summed E-state index contributed by atoms with van der Waals surface area (Å²) in [6, 6.07) is 7.10. The van der Waals surface area contributed by atoms with E-state index in [-0.39, 0.29) is 5.57 Å². The summed E-state index contributed by atoms with van der Waals surface area (Å²) in [4.78, 5) is 12.2. The van der Waals surface area contributed by atoms with E-state index in [0.717, 1.165) is 25.7 Å². The van der Waals surface area contributed by atoms with Crippen LogP contribution in [0.4, 0.5) is 0 Å². The first kappa shape index (κ1) is 20.6. The van der Waals surface area contributed by atoms with Gasteiger partial charge in [0.2, 0.25) is 0 Å². The van der Waals surface area contributed by atoms with E-state index in [1.165, 1.54) is 13.2 Å². The lowest BCUT2D eigenvalue weighted by atomic mass is 10.0. The van der Waals surface area contributed by atoms with Crippen molar-refractivity contribution in [3.05, 3.63) is 29.3 Å². The van der Waals surface area contributed by atoms with Gasteiger partial charge in [0.15, 0.2) is 11.5 Å². The largest absolute Gasteiger partial charge is 0.493 e. The van der Waals surface area contributed by atoms with E-state index in [1.807, 2.05) is 6.07 Å². The number of unbranched alkanes of at least 4 members (excludes halogenated alkanes) is 1. The molecule has 0 spiro atoms. The first-order chi connectivity index (χ1) is 12.1. The predicted molar refractivity (Wildman–Crippen MR) is 97.4 cm³/mol. The van der Waals surface area contributed by atoms with Gasteiger partial charge in [-0.25, -0.2) is 4.79 Å². The molecule has 0 aliphatic heterocycles. The Morgan fingerprint density at radius 2 is 1.96 bits per heavy atom. The van der Waals surface area contributed by atoms with E-state index in [2.05, 4.69) is 13.8 Å². The molecule has 0 bridgehead atoms. The van der Waals surface area contributed by atoms with Crippen molar-refractivity contribution in [1.82, 2.24) is 0 Å². The lowest BCUT2D eigenvalue weighted by Gasteiger charge is -2.14. The van der Waals surface area contributed by atoms with Gasteiger partial charge in [0.05, 0.1) is 20.8 Å². The molecule has 0 amide bonds. The quantitative estimate of drug-likeness (QED) is 0.358. The second kappa shape index (κ2) is 11.1. The Morgan fingerprint density at radius 3 is 2.52 bits per heavy atom. The van der Waals surface area contributed by atoms with Gasteiger partial charge in [0.1, 0.15) is 11.6 Å². The fraction of sp³-hybridized carbons (Fsp3) is 0.500. The van der Waals surface area contributed by atoms with Crippen LogP contribution in [-0.4, -0.2) is 26.8 Å². The van der Waals surface area contributed by atoms with Gasteiger partial charge in [-0.15, -0.1) is 0 Å². The fourth-order valence-electron chi connectivity index (χ4n) is 2.42. The minimum atomic E-state index is -0.591. The molecule has 0 aliphatic rings. The van der Waals surface area contributed by atoms with E-state index in [1.54, 1.807) is 25.3 Å². The Bertz CT molecular complexity index is 631. The molecule has 0 N–H and O–H groups in total. The fourth-order valence-corrected chi connectivity index (χ4v) is 2.42. The van der Waals surface area contributed by atoms with Crippen molar-refractivity contribution in [2.45, 2.75) is 39.5 Å². The number of ether oxygens (including phenoxy) is 3. The van der Waals surface area contributed by atoms with Crippen molar-refractivity contribution in [2.75, 3.05) is 20.8 Å². The van der Waals surface area contributed by atoms with E-state index in [9.17, 15) is 10.1 Å². The summed E-state index contributed by atoms with van der Waals surface area (Å²) >= 11 is 0. The van der Waals surface area contributed by atoms with Gasteiger partial charge < -0.3 is 14.2 Å². The molecule has 0 saturated carbocycles. The zero-order valence-corrected chi connectivity index (χ0v) is 15.5.